The van der Waals surface area contributed by atoms with Gasteiger partial charge in [-0.1, -0.05) is 49.1 Å². The van der Waals surface area contributed by atoms with E-state index in [1.807, 2.05) is 18.2 Å². The molecule has 0 aromatic heterocycles. The number of aryl methyl sites for hydroxylation is 1. The summed E-state index contributed by atoms with van der Waals surface area (Å²) < 4.78 is 13.2. The fraction of sp³-hybridized carbons (Fsp3) is 0.417. The number of halogens is 2. The van der Waals surface area contributed by atoms with Crippen molar-refractivity contribution in [3.63, 3.8) is 0 Å². The van der Waals surface area contributed by atoms with Crippen LogP contribution in [0.15, 0.2) is 42.5 Å². The van der Waals surface area contributed by atoms with Gasteiger partial charge in [-0.2, -0.15) is 0 Å². The van der Waals surface area contributed by atoms with E-state index in [0.29, 0.717) is 11.4 Å². The van der Waals surface area contributed by atoms with Gasteiger partial charge in [0.25, 0.3) is 0 Å². The molecule has 4 N–H and O–H groups in total. The Balaban J connectivity index is 1.80. The summed E-state index contributed by atoms with van der Waals surface area (Å²) in [6, 6.07) is 11.9. The number of carboxylic acid groups (broad SMARTS) is 2. The second-order valence-corrected chi connectivity index (χ2v) is 8.46. The lowest BCUT2D eigenvalue weighted by Crippen LogP contribution is -2.43. The molecule has 0 radical (unpaired) electrons. The third-order valence-corrected chi connectivity index (χ3v) is 5.61. The molecule has 2 aromatic rings. The molecule has 0 aliphatic heterocycles. The molecule has 32 heavy (non-hydrogen) atoms. The molecule has 0 saturated heterocycles. The quantitative estimate of drug-likeness (QED) is 0.318. The normalized spacial score (nSPS) is 14.0. The highest BCUT2D eigenvalue weighted by Crippen LogP contribution is 2.29. The molecule has 0 saturated carbocycles. The topological polar surface area (TPSA) is 115 Å². The molecule has 0 spiro atoms. The molecule has 0 unspecified atom stereocenters. The summed E-state index contributed by atoms with van der Waals surface area (Å²) in [5.41, 5.74) is 0.469. The lowest BCUT2D eigenvalue weighted by Gasteiger charge is -2.24. The zero-order chi connectivity index (χ0) is 23.7. The fourth-order valence-electron chi connectivity index (χ4n) is 3.69. The van der Waals surface area contributed by atoms with Gasteiger partial charge in [-0.05, 0) is 60.2 Å². The van der Waals surface area contributed by atoms with Crippen LogP contribution in [0, 0.1) is 5.82 Å². The van der Waals surface area contributed by atoms with Crippen molar-refractivity contribution < 1.29 is 34.4 Å². The minimum absolute atomic E-state index is 0.275. The van der Waals surface area contributed by atoms with Crippen molar-refractivity contribution in [3.05, 3.63) is 58.9 Å². The van der Waals surface area contributed by atoms with Crippen LogP contribution in [-0.4, -0.2) is 44.1 Å². The first kappa shape index (κ1) is 25.8. The molecule has 6 nitrogen and oxygen atoms in total. The van der Waals surface area contributed by atoms with E-state index in [0.717, 1.165) is 42.4 Å². The molecular weight excluding hydrogens is 439 g/mol. The van der Waals surface area contributed by atoms with Crippen molar-refractivity contribution in [3.8, 4) is 11.1 Å². The Morgan fingerprint density at radius 2 is 1.66 bits per heavy atom. The second kappa shape index (κ2) is 11.9. The number of benzene rings is 2. The first-order chi connectivity index (χ1) is 15.1. The van der Waals surface area contributed by atoms with Crippen molar-refractivity contribution in [2.75, 3.05) is 0 Å². The van der Waals surface area contributed by atoms with Crippen LogP contribution in [0.3, 0.4) is 0 Å². The Bertz CT molecular complexity index is 917. The van der Waals surface area contributed by atoms with Crippen molar-refractivity contribution in [2.24, 2.45) is 0 Å². The number of aliphatic carboxylic acids is 2. The Kier molecular flexibility index (Phi) is 9.62. The summed E-state index contributed by atoms with van der Waals surface area (Å²) in [7, 11) is 0. The van der Waals surface area contributed by atoms with Crippen LogP contribution in [0.2, 0.25) is 5.02 Å². The Hall–Kier alpha value is -2.48. The average molecular weight is 467 g/mol. The molecule has 0 fully saturated rings. The number of unbranched alkanes of at least 4 members (excludes halogenated alkanes) is 3. The van der Waals surface area contributed by atoms with E-state index in [2.05, 4.69) is 0 Å². The number of carbonyl (C=O) groups is 2. The van der Waals surface area contributed by atoms with Crippen LogP contribution < -0.4 is 0 Å². The maximum Gasteiger partial charge on any atom is 0.336 e. The number of aliphatic hydroxyl groups excluding tert-OH is 1. The highest BCUT2D eigenvalue weighted by atomic mass is 35.5. The molecule has 0 amide bonds. The molecule has 8 heteroatoms. The van der Waals surface area contributed by atoms with Crippen LogP contribution in [0.1, 0.15) is 50.5 Å². The molecule has 0 heterocycles. The first-order valence-corrected chi connectivity index (χ1v) is 10.9. The number of hydrogen-bond acceptors (Lipinski definition) is 4. The van der Waals surface area contributed by atoms with E-state index in [-0.39, 0.29) is 12.2 Å². The van der Waals surface area contributed by atoms with Gasteiger partial charge >= 0.3 is 11.9 Å². The zero-order valence-electron chi connectivity index (χ0n) is 17.6. The molecule has 0 aliphatic carbocycles. The highest BCUT2D eigenvalue weighted by molar-refractivity contribution is 6.30. The monoisotopic (exact) mass is 466 g/mol. The predicted octanol–water partition coefficient (Wildman–Crippen LogP) is 4.68. The smallest absolute Gasteiger partial charge is 0.336 e. The molecule has 174 valence electrons. The van der Waals surface area contributed by atoms with E-state index >= 15 is 0 Å². The standard InChI is InChI=1S/C24H28ClFO6/c25-18-10-7-16(21(13-18)17-8-11-19(26)12-9-17)5-3-1-2-4-6-20(27)14-24(32,23(30)31)15-22(28)29/h7-13,20,27,32H,1-6,14-15H2,(H,28,29)(H,30,31)/t20-,24+/m0/s1. The Morgan fingerprint density at radius 3 is 2.28 bits per heavy atom. The molecular formula is C24H28ClFO6. The van der Waals surface area contributed by atoms with Gasteiger partial charge in [-0.25, -0.2) is 9.18 Å². The second-order valence-electron chi connectivity index (χ2n) is 8.03. The summed E-state index contributed by atoms with van der Waals surface area (Å²) in [6.07, 6.45) is 1.64. The predicted molar refractivity (Wildman–Crippen MR) is 119 cm³/mol. The third kappa shape index (κ3) is 7.89. The summed E-state index contributed by atoms with van der Waals surface area (Å²) in [4.78, 5) is 21.9. The van der Waals surface area contributed by atoms with E-state index in [4.69, 9.17) is 21.8 Å². The molecule has 0 aliphatic rings. The number of aliphatic hydroxyl groups is 2. The summed E-state index contributed by atoms with van der Waals surface area (Å²) in [5, 5.41) is 38.4. The van der Waals surface area contributed by atoms with Crippen molar-refractivity contribution >= 4 is 23.5 Å². The van der Waals surface area contributed by atoms with Crippen LogP contribution in [0.4, 0.5) is 4.39 Å². The van der Waals surface area contributed by atoms with Gasteiger partial charge in [0.05, 0.1) is 12.5 Å². The number of carboxylic acids is 2. The maximum atomic E-state index is 13.2. The van der Waals surface area contributed by atoms with E-state index < -0.39 is 36.5 Å². The van der Waals surface area contributed by atoms with Gasteiger partial charge in [0.15, 0.2) is 5.60 Å². The Labute approximate surface area is 191 Å². The summed E-state index contributed by atoms with van der Waals surface area (Å²) >= 11 is 6.14. The minimum Gasteiger partial charge on any atom is -0.481 e. The zero-order valence-corrected chi connectivity index (χ0v) is 18.4. The maximum absolute atomic E-state index is 13.2. The van der Waals surface area contributed by atoms with Gasteiger partial charge in [0.1, 0.15) is 5.82 Å². The van der Waals surface area contributed by atoms with Crippen LogP contribution in [0.5, 0.6) is 0 Å². The van der Waals surface area contributed by atoms with Crippen molar-refractivity contribution in [1.29, 1.82) is 0 Å². The van der Waals surface area contributed by atoms with Gasteiger partial charge in [-0.15, -0.1) is 0 Å². The van der Waals surface area contributed by atoms with Gasteiger partial charge in [-0.3, -0.25) is 4.79 Å². The molecule has 2 atom stereocenters. The molecule has 2 aromatic carbocycles. The lowest BCUT2D eigenvalue weighted by molar-refractivity contribution is -0.168. The summed E-state index contributed by atoms with van der Waals surface area (Å²) in [6.45, 7) is 0. The van der Waals surface area contributed by atoms with E-state index in [9.17, 15) is 24.2 Å². The molecule has 2 rings (SSSR count). The average Bonchev–Trinajstić information content (AvgIpc) is 2.71. The van der Waals surface area contributed by atoms with E-state index in [1.54, 1.807) is 12.1 Å². The number of rotatable bonds is 13. The van der Waals surface area contributed by atoms with Crippen molar-refractivity contribution in [1.82, 2.24) is 0 Å². The van der Waals surface area contributed by atoms with Crippen molar-refractivity contribution in [2.45, 2.75) is 63.1 Å². The van der Waals surface area contributed by atoms with E-state index in [1.165, 1.54) is 12.1 Å². The van der Waals surface area contributed by atoms with Crippen LogP contribution in [-0.2, 0) is 16.0 Å². The van der Waals surface area contributed by atoms with Gasteiger partial charge < -0.3 is 20.4 Å². The Morgan fingerprint density at radius 1 is 1.00 bits per heavy atom. The first-order valence-electron chi connectivity index (χ1n) is 10.5. The fourth-order valence-corrected chi connectivity index (χ4v) is 3.86. The van der Waals surface area contributed by atoms with Gasteiger partial charge in [0.2, 0.25) is 0 Å². The summed E-state index contributed by atoms with van der Waals surface area (Å²) in [5.74, 6) is -3.40. The lowest BCUT2D eigenvalue weighted by atomic mass is 9.90. The SMILES string of the molecule is O=C(O)C[C@](O)(C[C@@H](O)CCCCCCc1ccc(Cl)cc1-c1ccc(F)cc1)C(=O)O. The van der Waals surface area contributed by atoms with Gasteiger partial charge in [0, 0.05) is 11.4 Å². The van der Waals surface area contributed by atoms with Crippen LogP contribution in [0.25, 0.3) is 11.1 Å². The third-order valence-electron chi connectivity index (χ3n) is 5.38. The highest BCUT2D eigenvalue weighted by Gasteiger charge is 2.40. The molecule has 0 bridgehead atoms. The number of hydrogen-bond donors (Lipinski definition) is 4. The minimum atomic E-state index is -2.48. The van der Waals surface area contributed by atoms with Crippen LogP contribution >= 0.6 is 11.6 Å². The largest absolute Gasteiger partial charge is 0.481 e.